The number of carbonyl (C=O) groups is 1. The molecule has 1 amide bonds. The van der Waals surface area contributed by atoms with E-state index in [0.717, 1.165) is 0 Å². The van der Waals surface area contributed by atoms with E-state index in [-0.39, 0.29) is 19.6 Å². The molecule has 0 aromatic carbocycles. The van der Waals surface area contributed by atoms with Gasteiger partial charge < -0.3 is 9.84 Å². The molecule has 0 saturated carbocycles. The van der Waals surface area contributed by atoms with Gasteiger partial charge in [0.05, 0.1) is 0 Å². The van der Waals surface area contributed by atoms with Gasteiger partial charge in [-0.25, -0.2) is 9.52 Å². The summed E-state index contributed by atoms with van der Waals surface area (Å²) in [5.41, 5.74) is -0.759. The first kappa shape index (κ1) is 15.1. The van der Waals surface area contributed by atoms with Crippen LogP contribution in [0.3, 0.4) is 0 Å². The van der Waals surface area contributed by atoms with Crippen molar-refractivity contribution in [2.75, 3.05) is 13.2 Å². The van der Waals surface area contributed by atoms with Crippen LogP contribution in [0.1, 0.15) is 27.2 Å². The topological polar surface area (TPSA) is 105 Å². The minimum atomic E-state index is -3.91. The highest BCUT2D eigenvalue weighted by Gasteiger charge is 2.20. The fourth-order valence-electron chi connectivity index (χ4n) is 0.730. The first-order chi connectivity index (χ1) is 7.16. The molecule has 0 radical (unpaired) electrons. The zero-order valence-corrected chi connectivity index (χ0v) is 10.4. The van der Waals surface area contributed by atoms with E-state index in [1.165, 1.54) is 0 Å². The van der Waals surface area contributed by atoms with Gasteiger partial charge in [-0.1, -0.05) is 0 Å². The van der Waals surface area contributed by atoms with Crippen molar-refractivity contribution >= 4 is 16.3 Å². The fourth-order valence-corrected chi connectivity index (χ4v) is 1.48. The molecule has 0 rings (SSSR count). The maximum absolute atomic E-state index is 11.2. The number of rotatable bonds is 5. The van der Waals surface area contributed by atoms with Crippen LogP contribution in [0.15, 0.2) is 0 Å². The van der Waals surface area contributed by atoms with Crippen LogP contribution in [-0.2, 0) is 14.9 Å². The highest BCUT2D eigenvalue weighted by atomic mass is 32.2. The molecule has 0 aliphatic carbocycles. The second kappa shape index (κ2) is 6.02. The average Bonchev–Trinajstić information content (AvgIpc) is 1.98. The molecule has 16 heavy (non-hydrogen) atoms. The Bertz CT molecular complexity index is 320. The number of hydrogen-bond donors (Lipinski definition) is 3. The van der Waals surface area contributed by atoms with Gasteiger partial charge in [-0.05, 0) is 27.2 Å². The highest BCUT2D eigenvalue weighted by Crippen LogP contribution is 2.06. The Kier molecular flexibility index (Phi) is 5.70. The molecule has 0 unspecified atom stereocenters. The standard InChI is InChI=1S/C8H18N2O5S/c1-8(2,3)15-7(12)10-16(13,14)9-5-4-6-11/h9,11H,4-6H2,1-3H3,(H,10,12). The molecule has 0 spiro atoms. The van der Waals surface area contributed by atoms with Gasteiger partial charge >= 0.3 is 16.3 Å². The number of nitrogens with one attached hydrogen (secondary N) is 2. The number of aliphatic hydroxyl groups excluding tert-OH is 1. The molecule has 0 aromatic rings. The van der Waals surface area contributed by atoms with E-state index < -0.39 is 21.9 Å². The molecular formula is C8H18N2O5S. The first-order valence-corrected chi connectivity index (χ1v) is 6.26. The lowest BCUT2D eigenvalue weighted by molar-refractivity contribution is 0.0569. The van der Waals surface area contributed by atoms with Crippen LogP contribution in [-0.4, -0.2) is 38.4 Å². The predicted molar refractivity (Wildman–Crippen MR) is 58.0 cm³/mol. The Labute approximate surface area is 95.4 Å². The van der Waals surface area contributed by atoms with E-state index in [1.54, 1.807) is 25.5 Å². The summed E-state index contributed by atoms with van der Waals surface area (Å²) in [6.07, 6.45) is -0.765. The fraction of sp³-hybridized carbons (Fsp3) is 0.875. The van der Waals surface area contributed by atoms with Gasteiger partial charge in [-0.2, -0.15) is 13.1 Å². The quantitative estimate of drug-likeness (QED) is 0.586. The molecule has 0 fully saturated rings. The summed E-state index contributed by atoms with van der Waals surface area (Å²) in [5.74, 6) is 0. The Morgan fingerprint density at radius 2 is 1.94 bits per heavy atom. The van der Waals surface area contributed by atoms with Crippen LogP contribution < -0.4 is 9.44 Å². The van der Waals surface area contributed by atoms with Crippen molar-refractivity contribution in [3.05, 3.63) is 0 Å². The van der Waals surface area contributed by atoms with Gasteiger partial charge in [0, 0.05) is 13.2 Å². The summed E-state index contributed by atoms with van der Waals surface area (Å²) in [7, 11) is -3.91. The molecule has 0 bridgehead atoms. The van der Waals surface area contributed by atoms with Crippen LogP contribution in [0.5, 0.6) is 0 Å². The molecule has 0 aliphatic rings. The highest BCUT2D eigenvalue weighted by molar-refractivity contribution is 7.88. The van der Waals surface area contributed by atoms with Gasteiger partial charge in [-0.3, -0.25) is 0 Å². The number of ether oxygens (including phenoxy) is 1. The largest absolute Gasteiger partial charge is 0.443 e. The lowest BCUT2D eigenvalue weighted by atomic mass is 10.2. The lowest BCUT2D eigenvalue weighted by Gasteiger charge is -2.19. The number of aliphatic hydroxyl groups is 1. The van der Waals surface area contributed by atoms with E-state index in [2.05, 4.69) is 4.72 Å². The van der Waals surface area contributed by atoms with Crippen molar-refractivity contribution in [3.8, 4) is 0 Å². The Morgan fingerprint density at radius 3 is 2.38 bits per heavy atom. The second-order valence-corrected chi connectivity index (χ2v) is 5.58. The van der Waals surface area contributed by atoms with Crippen molar-refractivity contribution in [2.45, 2.75) is 32.8 Å². The zero-order valence-electron chi connectivity index (χ0n) is 9.61. The number of hydrogen-bond acceptors (Lipinski definition) is 5. The van der Waals surface area contributed by atoms with Crippen molar-refractivity contribution < 1.29 is 23.1 Å². The van der Waals surface area contributed by atoms with E-state index in [0.29, 0.717) is 0 Å². The van der Waals surface area contributed by atoms with Crippen molar-refractivity contribution in [1.29, 1.82) is 0 Å². The minimum Gasteiger partial charge on any atom is -0.443 e. The number of carbonyl (C=O) groups excluding carboxylic acids is 1. The molecule has 0 saturated heterocycles. The molecule has 8 heteroatoms. The molecule has 7 nitrogen and oxygen atoms in total. The first-order valence-electron chi connectivity index (χ1n) is 4.77. The molecule has 0 atom stereocenters. The summed E-state index contributed by atoms with van der Waals surface area (Å²) < 4.78 is 30.9. The van der Waals surface area contributed by atoms with E-state index >= 15 is 0 Å². The average molecular weight is 254 g/mol. The Morgan fingerprint density at radius 1 is 1.38 bits per heavy atom. The van der Waals surface area contributed by atoms with Crippen LogP contribution in [0.25, 0.3) is 0 Å². The van der Waals surface area contributed by atoms with Gasteiger partial charge in [0.25, 0.3) is 0 Å². The summed E-state index contributed by atoms with van der Waals surface area (Å²) in [6.45, 7) is 4.79. The van der Waals surface area contributed by atoms with Crippen molar-refractivity contribution in [1.82, 2.24) is 9.44 Å². The number of amides is 1. The van der Waals surface area contributed by atoms with E-state index in [9.17, 15) is 13.2 Å². The van der Waals surface area contributed by atoms with E-state index in [1.807, 2.05) is 0 Å². The molecule has 0 aromatic heterocycles. The Hall–Kier alpha value is -0.860. The zero-order chi connectivity index (χ0) is 12.8. The van der Waals surface area contributed by atoms with Crippen molar-refractivity contribution in [3.63, 3.8) is 0 Å². The van der Waals surface area contributed by atoms with Crippen molar-refractivity contribution in [2.24, 2.45) is 0 Å². The van der Waals surface area contributed by atoms with Gasteiger partial charge in [-0.15, -0.1) is 0 Å². The molecule has 96 valence electrons. The smallest absolute Gasteiger partial charge is 0.422 e. The second-order valence-electron chi connectivity index (χ2n) is 4.08. The minimum absolute atomic E-state index is 0.0502. The third kappa shape index (κ3) is 8.45. The molecule has 3 N–H and O–H groups in total. The van der Waals surface area contributed by atoms with E-state index in [4.69, 9.17) is 9.84 Å². The van der Waals surface area contributed by atoms with Crippen LogP contribution in [0.2, 0.25) is 0 Å². The summed E-state index contributed by atoms with van der Waals surface area (Å²) in [5, 5.41) is 8.45. The molecule has 0 heterocycles. The van der Waals surface area contributed by atoms with Crippen LogP contribution in [0, 0.1) is 0 Å². The lowest BCUT2D eigenvalue weighted by Crippen LogP contribution is -2.43. The van der Waals surface area contributed by atoms with Gasteiger partial charge in [0.15, 0.2) is 0 Å². The summed E-state index contributed by atoms with van der Waals surface area (Å²) in [4.78, 5) is 11.1. The maximum Gasteiger partial charge on any atom is 0.422 e. The third-order valence-electron chi connectivity index (χ3n) is 1.24. The van der Waals surface area contributed by atoms with Crippen LogP contribution in [0.4, 0.5) is 4.79 Å². The monoisotopic (exact) mass is 254 g/mol. The molecular weight excluding hydrogens is 236 g/mol. The van der Waals surface area contributed by atoms with Gasteiger partial charge in [0.2, 0.25) is 0 Å². The summed E-state index contributed by atoms with van der Waals surface area (Å²) in [6, 6.07) is 0. The molecule has 0 aliphatic heterocycles. The van der Waals surface area contributed by atoms with Gasteiger partial charge in [0.1, 0.15) is 5.60 Å². The third-order valence-corrected chi connectivity index (χ3v) is 2.26. The maximum atomic E-state index is 11.2. The Balaban J connectivity index is 4.11. The van der Waals surface area contributed by atoms with Crippen LogP contribution >= 0.6 is 0 Å². The SMILES string of the molecule is CC(C)(C)OC(=O)NS(=O)(=O)NCCCO. The summed E-state index contributed by atoms with van der Waals surface area (Å²) >= 11 is 0. The normalized spacial score (nSPS) is 12.2. The predicted octanol–water partition coefficient (Wildman–Crippen LogP) is -0.272.